The van der Waals surface area contributed by atoms with E-state index in [1.54, 1.807) is 12.3 Å². The van der Waals surface area contributed by atoms with Gasteiger partial charge in [-0.3, -0.25) is 10.1 Å². The van der Waals surface area contributed by atoms with Gasteiger partial charge in [0.25, 0.3) is 0 Å². The van der Waals surface area contributed by atoms with Crippen LogP contribution < -0.4 is 0 Å². The van der Waals surface area contributed by atoms with Crippen LogP contribution in [0.5, 0.6) is 0 Å². The van der Waals surface area contributed by atoms with E-state index in [-0.39, 0.29) is 5.56 Å². The summed E-state index contributed by atoms with van der Waals surface area (Å²) in [4.78, 5) is 3.95. The van der Waals surface area contributed by atoms with Crippen molar-refractivity contribution in [3.8, 4) is 11.4 Å². The van der Waals surface area contributed by atoms with Gasteiger partial charge in [0.15, 0.2) is 6.10 Å². The average molecular weight is 257 g/mol. The lowest BCUT2D eigenvalue weighted by Gasteiger charge is -2.18. The quantitative estimate of drug-likeness (QED) is 0.919. The van der Waals surface area contributed by atoms with Gasteiger partial charge in [0, 0.05) is 25.1 Å². The van der Waals surface area contributed by atoms with Gasteiger partial charge in [-0.2, -0.15) is 18.3 Å². The molecule has 7 heteroatoms. The smallest absolute Gasteiger partial charge is 0.367 e. The third-order valence-corrected chi connectivity index (χ3v) is 2.40. The minimum Gasteiger partial charge on any atom is -0.367 e. The number of alkyl halides is 3. The second-order valence-corrected chi connectivity index (χ2v) is 3.60. The van der Waals surface area contributed by atoms with Crippen LogP contribution in [0.4, 0.5) is 13.2 Å². The van der Waals surface area contributed by atoms with Crippen LogP contribution in [-0.4, -0.2) is 28.5 Å². The molecule has 0 amide bonds. The number of hydrogen-bond donors (Lipinski definition) is 1. The SMILES string of the molecule is COC(c1ccc(-c2ccn[nH]2)nc1)C(F)(F)F. The number of hydrogen-bond acceptors (Lipinski definition) is 3. The Morgan fingerprint density at radius 2 is 2.06 bits per heavy atom. The summed E-state index contributed by atoms with van der Waals surface area (Å²) in [6, 6.07) is 4.50. The number of nitrogens with zero attached hydrogens (tertiary/aromatic N) is 2. The van der Waals surface area contributed by atoms with E-state index < -0.39 is 12.3 Å². The molecule has 0 aromatic carbocycles. The molecule has 0 aliphatic carbocycles. The van der Waals surface area contributed by atoms with E-state index in [1.165, 1.54) is 12.1 Å². The Morgan fingerprint density at radius 3 is 2.50 bits per heavy atom. The van der Waals surface area contributed by atoms with Crippen LogP contribution in [0.15, 0.2) is 30.6 Å². The van der Waals surface area contributed by atoms with Crippen LogP contribution in [0.3, 0.4) is 0 Å². The summed E-state index contributed by atoms with van der Waals surface area (Å²) in [5.74, 6) is 0. The fourth-order valence-electron chi connectivity index (χ4n) is 1.58. The van der Waals surface area contributed by atoms with Gasteiger partial charge in [-0.05, 0) is 12.1 Å². The number of rotatable bonds is 3. The van der Waals surface area contributed by atoms with Crippen LogP contribution >= 0.6 is 0 Å². The van der Waals surface area contributed by atoms with Crippen molar-refractivity contribution in [3.63, 3.8) is 0 Å². The molecule has 2 heterocycles. The molecule has 18 heavy (non-hydrogen) atoms. The summed E-state index contributed by atoms with van der Waals surface area (Å²) in [5, 5.41) is 6.42. The van der Waals surface area contributed by atoms with Gasteiger partial charge >= 0.3 is 6.18 Å². The highest BCUT2D eigenvalue weighted by Crippen LogP contribution is 2.35. The monoisotopic (exact) mass is 257 g/mol. The molecule has 0 saturated carbocycles. The first-order valence-electron chi connectivity index (χ1n) is 5.07. The first-order chi connectivity index (χ1) is 8.52. The Morgan fingerprint density at radius 1 is 1.28 bits per heavy atom. The fourth-order valence-corrected chi connectivity index (χ4v) is 1.58. The van der Waals surface area contributed by atoms with E-state index in [4.69, 9.17) is 0 Å². The molecule has 1 atom stereocenters. The summed E-state index contributed by atoms with van der Waals surface area (Å²) < 4.78 is 42.3. The van der Waals surface area contributed by atoms with Gasteiger partial charge < -0.3 is 4.74 Å². The number of pyridine rings is 1. The van der Waals surface area contributed by atoms with Crippen LogP contribution in [-0.2, 0) is 4.74 Å². The van der Waals surface area contributed by atoms with Crippen molar-refractivity contribution < 1.29 is 17.9 Å². The zero-order valence-electron chi connectivity index (χ0n) is 9.40. The summed E-state index contributed by atoms with van der Waals surface area (Å²) >= 11 is 0. The highest BCUT2D eigenvalue weighted by molar-refractivity contribution is 5.53. The lowest BCUT2D eigenvalue weighted by molar-refractivity contribution is -0.216. The number of aromatic nitrogens is 3. The van der Waals surface area contributed by atoms with Crippen molar-refractivity contribution in [2.75, 3.05) is 7.11 Å². The standard InChI is InChI=1S/C11H10F3N3O/c1-18-10(11(12,13)14)7-2-3-8(15-6-7)9-4-5-16-17-9/h2-6,10H,1H3,(H,16,17). The second-order valence-electron chi connectivity index (χ2n) is 3.60. The summed E-state index contributed by atoms with van der Waals surface area (Å²) in [6.45, 7) is 0. The Labute approximate surface area is 101 Å². The highest BCUT2D eigenvalue weighted by Gasteiger charge is 2.41. The summed E-state index contributed by atoms with van der Waals surface area (Å²) in [6.07, 6.45) is -3.72. The summed E-state index contributed by atoms with van der Waals surface area (Å²) in [7, 11) is 1.01. The molecule has 2 rings (SSSR count). The Balaban J connectivity index is 2.27. The largest absolute Gasteiger partial charge is 0.418 e. The van der Waals surface area contributed by atoms with Crippen LogP contribution in [0, 0.1) is 0 Å². The van der Waals surface area contributed by atoms with E-state index in [1.807, 2.05) is 0 Å². The number of halogens is 3. The van der Waals surface area contributed by atoms with Crippen molar-refractivity contribution in [1.82, 2.24) is 15.2 Å². The molecule has 0 saturated heterocycles. The van der Waals surface area contributed by atoms with Crippen molar-refractivity contribution >= 4 is 0 Å². The van der Waals surface area contributed by atoms with E-state index in [2.05, 4.69) is 19.9 Å². The average Bonchev–Trinajstić information content (AvgIpc) is 2.82. The van der Waals surface area contributed by atoms with Gasteiger partial charge in [0.2, 0.25) is 0 Å². The van der Waals surface area contributed by atoms with Crippen LogP contribution in [0.2, 0.25) is 0 Å². The Bertz CT molecular complexity index is 493. The van der Waals surface area contributed by atoms with Crippen LogP contribution in [0.25, 0.3) is 11.4 Å². The predicted octanol–water partition coefficient (Wildman–Crippen LogP) is 2.72. The second kappa shape index (κ2) is 4.77. The topological polar surface area (TPSA) is 50.8 Å². The molecular weight excluding hydrogens is 247 g/mol. The van der Waals surface area contributed by atoms with E-state index in [9.17, 15) is 13.2 Å². The van der Waals surface area contributed by atoms with E-state index in [0.29, 0.717) is 11.4 Å². The molecular formula is C11H10F3N3O. The molecule has 1 N–H and O–H groups in total. The molecule has 0 spiro atoms. The van der Waals surface area contributed by atoms with Crippen molar-refractivity contribution in [3.05, 3.63) is 36.2 Å². The predicted molar refractivity (Wildman–Crippen MR) is 57.6 cm³/mol. The number of methoxy groups -OCH3 is 1. The molecule has 0 radical (unpaired) electrons. The first-order valence-corrected chi connectivity index (χ1v) is 5.07. The molecule has 0 fully saturated rings. The van der Waals surface area contributed by atoms with Crippen LogP contribution in [0.1, 0.15) is 11.7 Å². The normalized spacial score (nSPS) is 13.6. The Hall–Kier alpha value is -1.89. The zero-order valence-corrected chi connectivity index (χ0v) is 9.40. The van der Waals surface area contributed by atoms with Gasteiger partial charge in [-0.15, -0.1) is 0 Å². The zero-order chi connectivity index (χ0) is 13.2. The number of ether oxygens (including phenoxy) is 1. The fraction of sp³-hybridized carbons (Fsp3) is 0.273. The molecule has 2 aromatic heterocycles. The molecule has 1 unspecified atom stereocenters. The third kappa shape index (κ3) is 2.51. The third-order valence-electron chi connectivity index (χ3n) is 2.40. The number of aromatic amines is 1. The molecule has 96 valence electrons. The minimum absolute atomic E-state index is 0.0340. The summed E-state index contributed by atoms with van der Waals surface area (Å²) in [5.41, 5.74) is 1.13. The molecule has 2 aromatic rings. The highest BCUT2D eigenvalue weighted by atomic mass is 19.4. The van der Waals surface area contributed by atoms with Gasteiger partial charge in [-0.25, -0.2) is 0 Å². The lowest BCUT2D eigenvalue weighted by Crippen LogP contribution is -2.22. The van der Waals surface area contributed by atoms with E-state index >= 15 is 0 Å². The van der Waals surface area contributed by atoms with Gasteiger partial charge in [0.05, 0.1) is 11.4 Å². The molecule has 0 bridgehead atoms. The van der Waals surface area contributed by atoms with Crippen molar-refractivity contribution in [2.24, 2.45) is 0 Å². The maximum absolute atomic E-state index is 12.6. The maximum atomic E-state index is 12.6. The minimum atomic E-state index is -4.45. The van der Waals surface area contributed by atoms with Gasteiger partial charge in [0.1, 0.15) is 0 Å². The first kappa shape index (κ1) is 12.6. The lowest BCUT2D eigenvalue weighted by atomic mass is 10.1. The molecule has 0 aliphatic rings. The van der Waals surface area contributed by atoms with Crippen molar-refractivity contribution in [2.45, 2.75) is 12.3 Å². The maximum Gasteiger partial charge on any atom is 0.418 e. The van der Waals surface area contributed by atoms with E-state index in [0.717, 1.165) is 13.3 Å². The van der Waals surface area contributed by atoms with Crippen molar-refractivity contribution in [1.29, 1.82) is 0 Å². The molecule has 4 nitrogen and oxygen atoms in total. The number of H-pyrrole nitrogens is 1. The Kier molecular flexibility index (Phi) is 3.33. The van der Waals surface area contributed by atoms with Gasteiger partial charge in [-0.1, -0.05) is 6.07 Å². The molecule has 0 aliphatic heterocycles. The number of nitrogens with one attached hydrogen (secondary N) is 1.